The van der Waals surface area contributed by atoms with Crippen LogP contribution in [0.5, 0.6) is 5.75 Å². The minimum absolute atomic E-state index is 0.0117. The Morgan fingerprint density at radius 2 is 2.18 bits per heavy atom. The molecule has 0 radical (unpaired) electrons. The Balaban J connectivity index is 2.49. The average Bonchev–Trinajstić information content (AvgIpc) is 2.70. The van der Waals surface area contributed by atoms with Crippen molar-refractivity contribution < 1.29 is 9.84 Å². The van der Waals surface area contributed by atoms with Crippen LogP contribution < -0.4 is 4.74 Å². The van der Waals surface area contributed by atoms with E-state index in [2.05, 4.69) is 36.8 Å². The third-order valence-electron chi connectivity index (χ3n) is 2.24. The van der Waals surface area contributed by atoms with E-state index < -0.39 is 0 Å². The van der Waals surface area contributed by atoms with E-state index in [0.29, 0.717) is 0 Å². The largest absolute Gasteiger partial charge is 0.496 e. The Bertz CT molecular complexity index is 542. The van der Waals surface area contributed by atoms with Crippen LogP contribution in [0.2, 0.25) is 0 Å². The fourth-order valence-electron chi connectivity index (χ4n) is 1.47. The van der Waals surface area contributed by atoms with Crippen molar-refractivity contribution in [3.8, 4) is 17.0 Å². The molecule has 0 saturated heterocycles. The van der Waals surface area contributed by atoms with Gasteiger partial charge in [-0.05, 0) is 50.1 Å². The maximum absolute atomic E-state index is 9.28. The lowest BCUT2D eigenvalue weighted by molar-refractivity contribution is 0.286. The van der Waals surface area contributed by atoms with E-state index >= 15 is 0 Å². The molecule has 0 atom stereocenters. The van der Waals surface area contributed by atoms with Crippen molar-refractivity contribution in [1.82, 2.24) is 4.98 Å². The molecule has 2 rings (SSSR count). The van der Waals surface area contributed by atoms with Crippen molar-refractivity contribution in [2.75, 3.05) is 7.11 Å². The lowest BCUT2D eigenvalue weighted by Gasteiger charge is -2.05. The molecule has 3 nitrogen and oxygen atoms in total. The fourth-order valence-corrected chi connectivity index (χ4v) is 3.44. The van der Waals surface area contributed by atoms with Gasteiger partial charge in [-0.1, -0.05) is 0 Å². The SMILES string of the molecule is COc1ccc(-c2nc(Br)sc2CO)cc1Br. The molecule has 1 heterocycles. The predicted octanol–water partition coefficient (Wildman–Crippen LogP) is 3.84. The zero-order valence-electron chi connectivity index (χ0n) is 8.91. The molecule has 1 aromatic carbocycles. The topological polar surface area (TPSA) is 42.4 Å². The van der Waals surface area contributed by atoms with Crippen molar-refractivity contribution in [2.24, 2.45) is 0 Å². The molecule has 0 saturated carbocycles. The van der Waals surface area contributed by atoms with Gasteiger partial charge in [0.05, 0.1) is 28.8 Å². The monoisotopic (exact) mass is 377 g/mol. The maximum Gasteiger partial charge on any atom is 0.160 e. The summed E-state index contributed by atoms with van der Waals surface area (Å²) in [5.41, 5.74) is 1.75. The van der Waals surface area contributed by atoms with Crippen molar-refractivity contribution >= 4 is 43.2 Å². The number of aromatic nitrogens is 1. The normalized spacial score (nSPS) is 10.6. The summed E-state index contributed by atoms with van der Waals surface area (Å²) in [5, 5.41) is 9.28. The zero-order valence-corrected chi connectivity index (χ0v) is 12.9. The minimum Gasteiger partial charge on any atom is -0.496 e. The van der Waals surface area contributed by atoms with Crippen LogP contribution >= 0.6 is 43.2 Å². The number of ether oxygens (including phenoxy) is 1. The molecule has 0 bridgehead atoms. The highest BCUT2D eigenvalue weighted by Crippen LogP contribution is 2.35. The Labute approximate surface area is 120 Å². The highest BCUT2D eigenvalue weighted by Gasteiger charge is 2.12. The summed E-state index contributed by atoms with van der Waals surface area (Å²) in [6, 6.07) is 5.72. The molecular weight excluding hydrogens is 370 g/mol. The minimum atomic E-state index is -0.0117. The number of hydrogen-bond acceptors (Lipinski definition) is 4. The molecule has 0 amide bonds. The first-order chi connectivity index (χ1) is 8.15. The Hall–Kier alpha value is -0.430. The van der Waals surface area contributed by atoms with Crippen LogP contribution in [0.25, 0.3) is 11.3 Å². The van der Waals surface area contributed by atoms with Gasteiger partial charge in [-0.15, -0.1) is 11.3 Å². The van der Waals surface area contributed by atoms with E-state index in [1.165, 1.54) is 11.3 Å². The van der Waals surface area contributed by atoms with Crippen molar-refractivity contribution in [3.63, 3.8) is 0 Å². The Kier molecular flexibility index (Phi) is 4.19. The number of aliphatic hydroxyl groups is 1. The van der Waals surface area contributed by atoms with E-state index in [-0.39, 0.29) is 6.61 Å². The van der Waals surface area contributed by atoms with E-state index in [1.807, 2.05) is 18.2 Å². The molecule has 0 unspecified atom stereocenters. The highest BCUT2D eigenvalue weighted by molar-refractivity contribution is 9.11. The van der Waals surface area contributed by atoms with Gasteiger partial charge in [-0.3, -0.25) is 0 Å². The molecule has 1 N–H and O–H groups in total. The fraction of sp³-hybridized carbons (Fsp3) is 0.182. The lowest BCUT2D eigenvalue weighted by Crippen LogP contribution is -1.88. The van der Waals surface area contributed by atoms with Gasteiger partial charge < -0.3 is 9.84 Å². The number of rotatable bonds is 3. The first kappa shape index (κ1) is 13.0. The third kappa shape index (κ3) is 2.70. The number of nitrogens with zero attached hydrogens (tertiary/aromatic N) is 1. The second-order valence-corrected chi connectivity index (χ2v) is 6.46. The van der Waals surface area contributed by atoms with Crippen LogP contribution in [0.1, 0.15) is 4.88 Å². The van der Waals surface area contributed by atoms with Crippen LogP contribution in [-0.4, -0.2) is 17.2 Å². The molecule has 2 aromatic rings. The van der Waals surface area contributed by atoms with Crippen LogP contribution in [0.3, 0.4) is 0 Å². The molecule has 90 valence electrons. The van der Waals surface area contributed by atoms with Gasteiger partial charge in [0.15, 0.2) is 3.92 Å². The van der Waals surface area contributed by atoms with E-state index in [0.717, 1.165) is 30.3 Å². The molecule has 17 heavy (non-hydrogen) atoms. The molecule has 6 heteroatoms. The van der Waals surface area contributed by atoms with Gasteiger partial charge in [0.25, 0.3) is 0 Å². The maximum atomic E-state index is 9.28. The van der Waals surface area contributed by atoms with E-state index in [1.54, 1.807) is 7.11 Å². The quantitative estimate of drug-likeness (QED) is 0.882. The van der Waals surface area contributed by atoms with Gasteiger partial charge in [-0.25, -0.2) is 4.98 Å². The van der Waals surface area contributed by atoms with Gasteiger partial charge in [0, 0.05) is 5.56 Å². The summed E-state index contributed by atoms with van der Waals surface area (Å²) in [4.78, 5) is 5.20. The number of halogens is 2. The molecule has 0 aliphatic heterocycles. The first-order valence-corrected chi connectivity index (χ1v) is 7.16. The molecular formula is C11H9Br2NO2S. The standard InChI is InChI=1S/C11H9Br2NO2S/c1-16-8-3-2-6(4-7(8)12)10-9(5-15)17-11(13)14-10/h2-4,15H,5H2,1H3. The van der Waals surface area contributed by atoms with Crippen molar-refractivity contribution in [2.45, 2.75) is 6.61 Å². The summed E-state index contributed by atoms with van der Waals surface area (Å²) in [5.74, 6) is 0.772. The van der Waals surface area contributed by atoms with E-state index in [4.69, 9.17) is 4.74 Å². The van der Waals surface area contributed by atoms with Crippen molar-refractivity contribution in [1.29, 1.82) is 0 Å². The number of aliphatic hydroxyl groups excluding tert-OH is 1. The van der Waals surface area contributed by atoms with Gasteiger partial charge in [0.1, 0.15) is 5.75 Å². The van der Waals surface area contributed by atoms with Crippen LogP contribution in [0, 0.1) is 0 Å². The van der Waals surface area contributed by atoms with Crippen LogP contribution in [0.4, 0.5) is 0 Å². The summed E-state index contributed by atoms with van der Waals surface area (Å²) in [6.07, 6.45) is 0. The lowest BCUT2D eigenvalue weighted by atomic mass is 10.1. The Morgan fingerprint density at radius 1 is 1.41 bits per heavy atom. The van der Waals surface area contributed by atoms with Crippen molar-refractivity contribution in [3.05, 3.63) is 31.5 Å². The van der Waals surface area contributed by atoms with Crippen LogP contribution in [-0.2, 0) is 6.61 Å². The summed E-state index contributed by atoms with van der Waals surface area (Å²) >= 11 is 8.20. The second kappa shape index (κ2) is 5.48. The number of thiazole rings is 1. The molecule has 0 aliphatic carbocycles. The average molecular weight is 379 g/mol. The number of hydrogen-bond donors (Lipinski definition) is 1. The molecule has 0 aliphatic rings. The van der Waals surface area contributed by atoms with E-state index in [9.17, 15) is 5.11 Å². The highest BCUT2D eigenvalue weighted by atomic mass is 79.9. The molecule has 0 fully saturated rings. The Morgan fingerprint density at radius 3 is 2.76 bits per heavy atom. The van der Waals surface area contributed by atoms with Gasteiger partial charge in [0.2, 0.25) is 0 Å². The van der Waals surface area contributed by atoms with Gasteiger partial charge in [-0.2, -0.15) is 0 Å². The van der Waals surface area contributed by atoms with Gasteiger partial charge >= 0.3 is 0 Å². The molecule has 0 spiro atoms. The third-order valence-corrected chi connectivity index (χ3v) is 4.35. The second-order valence-electron chi connectivity index (χ2n) is 3.25. The summed E-state index contributed by atoms with van der Waals surface area (Å²) in [7, 11) is 1.62. The number of benzene rings is 1. The molecule has 1 aromatic heterocycles. The smallest absolute Gasteiger partial charge is 0.160 e. The number of methoxy groups -OCH3 is 1. The summed E-state index contributed by atoms with van der Waals surface area (Å²) in [6.45, 7) is -0.0117. The summed E-state index contributed by atoms with van der Waals surface area (Å²) < 4.78 is 6.81. The predicted molar refractivity (Wildman–Crippen MR) is 75.4 cm³/mol. The van der Waals surface area contributed by atoms with Crippen LogP contribution in [0.15, 0.2) is 26.6 Å². The zero-order chi connectivity index (χ0) is 12.4. The first-order valence-electron chi connectivity index (χ1n) is 4.75.